The van der Waals surface area contributed by atoms with Gasteiger partial charge in [0.1, 0.15) is 0 Å². The fraction of sp³-hybridized carbons (Fsp3) is 0.154. The smallest absolute Gasteiger partial charge is 0.0876 e. The second-order valence-corrected chi connectivity index (χ2v) is 3.28. The maximum atomic E-state index is 5.68. The number of aliphatic imine (C=N–C) groups is 1. The lowest BCUT2D eigenvalue weighted by molar-refractivity contribution is 0.971. The van der Waals surface area contributed by atoms with Crippen LogP contribution in [0.3, 0.4) is 0 Å². The summed E-state index contributed by atoms with van der Waals surface area (Å²) in [5.41, 5.74) is 7.99. The van der Waals surface area contributed by atoms with Crippen LogP contribution in [0.1, 0.15) is 0 Å². The molecule has 0 unspecified atom stereocenters. The number of terminal acetylenes is 1. The first-order valence-corrected chi connectivity index (χ1v) is 4.88. The molecule has 0 spiro atoms. The summed E-state index contributed by atoms with van der Waals surface area (Å²) < 4.78 is 0. The molecule has 0 atom stereocenters. The van der Waals surface area contributed by atoms with Gasteiger partial charge in [0.15, 0.2) is 0 Å². The molecule has 3 heteroatoms. The molecular weight excluding hydrogens is 198 g/mol. The monoisotopic (exact) mass is 213 g/mol. The Kier molecular flexibility index (Phi) is 4.16. The van der Waals surface area contributed by atoms with E-state index in [-0.39, 0.29) is 0 Å². The van der Waals surface area contributed by atoms with E-state index in [4.69, 9.17) is 12.2 Å². The van der Waals surface area contributed by atoms with Crippen molar-refractivity contribution >= 4 is 23.8 Å². The predicted molar refractivity (Wildman–Crippen MR) is 71.3 cm³/mol. The molecule has 0 aromatic heterocycles. The second kappa shape index (κ2) is 5.62. The van der Waals surface area contributed by atoms with E-state index in [9.17, 15) is 0 Å². The maximum absolute atomic E-state index is 5.68. The van der Waals surface area contributed by atoms with E-state index in [1.54, 1.807) is 12.1 Å². The van der Waals surface area contributed by atoms with Crippen molar-refractivity contribution in [1.82, 2.24) is 0 Å². The van der Waals surface area contributed by atoms with Gasteiger partial charge < -0.3 is 10.6 Å². The Bertz CT molecular complexity index is 429. The minimum atomic E-state index is 0.498. The minimum Gasteiger partial charge on any atom is -0.399 e. The Morgan fingerprint density at radius 3 is 2.88 bits per heavy atom. The molecule has 3 nitrogen and oxygen atoms in total. The number of nitrogens with zero attached hydrogens (tertiary/aromatic N) is 2. The quantitative estimate of drug-likeness (QED) is 0.353. The predicted octanol–water partition coefficient (Wildman–Crippen LogP) is 2.23. The lowest BCUT2D eigenvalue weighted by Crippen LogP contribution is -2.23. The molecule has 0 aliphatic heterocycles. The Morgan fingerprint density at radius 2 is 2.31 bits per heavy atom. The third-order valence-corrected chi connectivity index (χ3v) is 2.14. The van der Waals surface area contributed by atoms with Crippen LogP contribution in [-0.2, 0) is 0 Å². The maximum Gasteiger partial charge on any atom is 0.0876 e. The first kappa shape index (κ1) is 11.9. The number of nitrogens with two attached hydrogens (primary N) is 1. The van der Waals surface area contributed by atoms with Gasteiger partial charge >= 0.3 is 0 Å². The average molecular weight is 213 g/mol. The summed E-state index contributed by atoms with van der Waals surface area (Å²) >= 11 is 0. The van der Waals surface area contributed by atoms with Crippen molar-refractivity contribution in [3.8, 4) is 12.3 Å². The van der Waals surface area contributed by atoms with Crippen LogP contribution in [0.15, 0.2) is 35.8 Å². The van der Waals surface area contributed by atoms with Gasteiger partial charge in [-0.1, -0.05) is 12.0 Å². The van der Waals surface area contributed by atoms with E-state index in [1.165, 1.54) is 0 Å². The Balaban J connectivity index is 3.12. The van der Waals surface area contributed by atoms with Crippen molar-refractivity contribution in [2.24, 2.45) is 4.99 Å². The third kappa shape index (κ3) is 2.64. The molecule has 0 saturated heterocycles. The van der Waals surface area contributed by atoms with Crippen LogP contribution in [0.5, 0.6) is 0 Å². The molecule has 16 heavy (non-hydrogen) atoms. The lowest BCUT2D eigenvalue weighted by Gasteiger charge is -2.22. The molecule has 82 valence electrons. The van der Waals surface area contributed by atoms with E-state index in [0.29, 0.717) is 18.8 Å². The zero-order chi connectivity index (χ0) is 12.0. The van der Waals surface area contributed by atoms with Gasteiger partial charge in [0.2, 0.25) is 0 Å². The highest BCUT2D eigenvalue weighted by molar-refractivity contribution is 5.73. The van der Waals surface area contributed by atoms with Gasteiger partial charge in [-0.25, -0.2) is 0 Å². The molecule has 2 N–H and O–H groups in total. The second-order valence-electron chi connectivity index (χ2n) is 3.28. The third-order valence-electron chi connectivity index (χ3n) is 2.14. The van der Waals surface area contributed by atoms with E-state index in [2.05, 4.69) is 24.2 Å². The van der Waals surface area contributed by atoms with Crippen molar-refractivity contribution in [2.75, 3.05) is 23.7 Å². The van der Waals surface area contributed by atoms with Crippen molar-refractivity contribution in [3.63, 3.8) is 0 Å². The van der Waals surface area contributed by atoms with Crippen LogP contribution in [0.25, 0.3) is 0 Å². The van der Waals surface area contributed by atoms with Gasteiger partial charge in [-0.3, -0.25) is 4.99 Å². The van der Waals surface area contributed by atoms with E-state index >= 15 is 0 Å². The number of benzene rings is 1. The highest BCUT2D eigenvalue weighted by Gasteiger charge is 2.08. The van der Waals surface area contributed by atoms with Gasteiger partial charge in [0.25, 0.3) is 0 Å². The zero-order valence-corrected chi connectivity index (χ0v) is 9.19. The summed E-state index contributed by atoms with van der Waals surface area (Å²) in [6.45, 7) is 8.39. The normalized spacial score (nSPS) is 9.19. The molecule has 0 radical (unpaired) electrons. The summed E-state index contributed by atoms with van der Waals surface area (Å²) in [5.74, 6) is 2.60. The summed E-state index contributed by atoms with van der Waals surface area (Å²) in [6.07, 6.45) is 7.11. The Labute approximate surface area is 96.3 Å². The first-order valence-electron chi connectivity index (χ1n) is 4.88. The number of anilines is 2. The van der Waals surface area contributed by atoms with Crippen LogP contribution >= 0.6 is 0 Å². The van der Waals surface area contributed by atoms with Crippen molar-refractivity contribution in [2.45, 2.75) is 0 Å². The van der Waals surface area contributed by atoms with Crippen LogP contribution in [0.2, 0.25) is 0 Å². The molecule has 0 aliphatic rings. The van der Waals surface area contributed by atoms with E-state index < -0.39 is 0 Å². The lowest BCUT2D eigenvalue weighted by atomic mass is 10.2. The Morgan fingerprint density at radius 1 is 1.56 bits per heavy atom. The molecule has 0 fully saturated rings. The highest BCUT2D eigenvalue weighted by Crippen LogP contribution is 2.30. The van der Waals surface area contributed by atoms with E-state index in [1.807, 2.05) is 17.0 Å². The Hall–Kier alpha value is -2.21. The fourth-order valence-electron chi connectivity index (χ4n) is 1.45. The van der Waals surface area contributed by atoms with Crippen LogP contribution in [0.4, 0.5) is 17.1 Å². The topological polar surface area (TPSA) is 41.6 Å². The number of hydrogen-bond acceptors (Lipinski definition) is 3. The van der Waals surface area contributed by atoms with Gasteiger partial charge in [-0.15, -0.1) is 13.0 Å². The molecule has 0 heterocycles. The van der Waals surface area contributed by atoms with E-state index in [0.717, 1.165) is 11.4 Å². The highest BCUT2D eigenvalue weighted by atomic mass is 15.1. The van der Waals surface area contributed by atoms with Gasteiger partial charge in [-0.2, -0.15) is 0 Å². The standard InChI is InChI=1S/C13H15N3/c1-4-8-16(9-5-2)13-7-6-11(14)10-12(13)15-3/h1,5-7,10H,2-3,8-9,14H2. The molecule has 1 aromatic rings. The fourth-order valence-corrected chi connectivity index (χ4v) is 1.45. The average Bonchev–Trinajstić information content (AvgIpc) is 2.28. The summed E-state index contributed by atoms with van der Waals surface area (Å²) in [4.78, 5) is 5.92. The largest absolute Gasteiger partial charge is 0.399 e. The molecule has 0 amide bonds. The SMILES string of the molecule is C#CCN(CC=C)c1ccc(N)cc1N=C. The van der Waals surface area contributed by atoms with Gasteiger partial charge in [0.05, 0.1) is 17.9 Å². The minimum absolute atomic E-state index is 0.498. The van der Waals surface area contributed by atoms with Crippen molar-refractivity contribution < 1.29 is 0 Å². The van der Waals surface area contributed by atoms with Gasteiger partial charge in [0, 0.05) is 12.2 Å². The van der Waals surface area contributed by atoms with Crippen molar-refractivity contribution in [3.05, 3.63) is 30.9 Å². The van der Waals surface area contributed by atoms with Crippen LogP contribution in [0, 0.1) is 12.3 Å². The first-order chi connectivity index (χ1) is 7.72. The van der Waals surface area contributed by atoms with Crippen molar-refractivity contribution in [1.29, 1.82) is 0 Å². The number of nitrogen functional groups attached to an aromatic ring is 1. The molecule has 0 saturated carbocycles. The molecule has 0 aliphatic carbocycles. The van der Waals surface area contributed by atoms with Crippen LogP contribution in [-0.4, -0.2) is 19.8 Å². The van der Waals surface area contributed by atoms with Gasteiger partial charge in [-0.05, 0) is 24.9 Å². The molecule has 1 rings (SSSR count). The molecule has 0 bridgehead atoms. The van der Waals surface area contributed by atoms with Crippen LogP contribution < -0.4 is 10.6 Å². The molecule has 1 aromatic carbocycles. The summed E-state index contributed by atoms with van der Waals surface area (Å²) in [7, 11) is 0. The zero-order valence-electron chi connectivity index (χ0n) is 9.19. The summed E-state index contributed by atoms with van der Waals surface area (Å²) in [5, 5.41) is 0. The molecular formula is C13H15N3. The number of rotatable bonds is 5. The number of hydrogen-bond donors (Lipinski definition) is 1. The summed E-state index contributed by atoms with van der Waals surface area (Å²) in [6, 6.07) is 5.48.